The van der Waals surface area contributed by atoms with Gasteiger partial charge in [0.15, 0.2) is 11.5 Å². The number of esters is 1. The molecule has 0 fully saturated rings. The highest BCUT2D eigenvalue weighted by Gasteiger charge is 2.15. The molecule has 30 heavy (non-hydrogen) atoms. The Hall–Kier alpha value is -4.20. The Labute approximate surface area is 171 Å². The number of aromatic nitrogens is 2. The van der Waals surface area contributed by atoms with Crippen molar-refractivity contribution in [2.24, 2.45) is 5.10 Å². The first-order chi connectivity index (χ1) is 14.6. The second-order valence-electron chi connectivity index (χ2n) is 6.31. The molecule has 0 aliphatic rings. The van der Waals surface area contributed by atoms with E-state index in [0.717, 1.165) is 0 Å². The van der Waals surface area contributed by atoms with Crippen molar-refractivity contribution in [3.05, 3.63) is 88.4 Å². The summed E-state index contributed by atoms with van der Waals surface area (Å²) < 4.78 is 16.9. The third-order valence-corrected chi connectivity index (χ3v) is 4.35. The molecule has 8 nitrogen and oxygen atoms in total. The van der Waals surface area contributed by atoms with Crippen LogP contribution in [0.4, 0.5) is 0 Å². The van der Waals surface area contributed by atoms with E-state index in [9.17, 15) is 9.59 Å². The Kier molecular flexibility index (Phi) is 5.13. The van der Waals surface area contributed by atoms with Crippen LogP contribution < -0.4 is 15.0 Å². The lowest BCUT2D eigenvalue weighted by atomic mass is 10.2. The number of rotatable bonds is 5. The van der Waals surface area contributed by atoms with Gasteiger partial charge in [-0.05, 0) is 55.0 Å². The predicted molar refractivity (Wildman–Crippen MR) is 110 cm³/mol. The summed E-state index contributed by atoms with van der Waals surface area (Å²) in [5.41, 5.74) is 1.00. The standard InChI is InChI=1S/C22H17N3O5/c1-14-24-17-7-4-3-6-16(17)21(26)25(14)23-13-15-9-10-18(20(12-15)28-2)30-22(27)19-8-5-11-29-19/h3-13H,1-2H3. The summed E-state index contributed by atoms with van der Waals surface area (Å²) in [7, 11) is 1.46. The minimum Gasteiger partial charge on any atom is -0.493 e. The Bertz CT molecular complexity index is 1310. The zero-order chi connectivity index (χ0) is 21.1. The van der Waals surface area contributed by atoms with E-state index < -0.39 is 5.97 Å². The molecule has 0 saturated carbocycles. The molecule has 0 unspecified atom stereocenters. The van der Waals surface area contributed by atoms with Gasteiger partial charge >= 0.3 is 5.97 Å². The van der Waals surface area contributed by atoms with Gasteiger partial charge in [0, 0.05) is 0 Å². The lowest BCUT2D eigenvalue weighted by Crippen LogP contribution is -2.20. The molecule has 150 valence electrons. The van der Waals surface area contributed by atoms with E-state index in [-0.39, 0.29) is 17.1 Å². The van der Waals surface area contributed by atoms with E-state index in [0.29, 0.717) is 28.0 Å². The topological polar surface area (TPSA) is 95.9 Å². The summed E-state index contributed by atoms with van der Waals surface area (Å²) in [6.45, 7) is 1.71. The molecule has 0 aliphatic carbocycles. The highest BCUT2D eigenvalue weighted by molar-refractivity contribution is 5.89. The van der Waals surface area contributed by atoms with E-state index >= 15 is 0 Å². The molecule has 0 bridgehead atoms. The summed E-state index contributed by atoms with van der Waals surface area (Å²) in [6.07, 6.45) is 2.89. The van der Waals surface area contributed by atoms with Gasteiger partial charge in [0.05, 0.1) is 30.5 Å². The van der Waals surface area contributed by atoms with E-state index in [2.05, 4.69) is 10.1 Å². The fourth-order valence-electron chi connectivity index (χ4n) is 2.89. The number of aryl methyl sites for hydroxylation is 1. The number of benzene rings is 2. The molecule has 2 heterocycles. The molecular formula is C22H17N3O5. The molecule has 2 aromatic carbocycles. The number of hydrogen-bond acceptors (Lipinski definition) is 7. The molecule has 0 aliphatic heterocycles. The third-order valence-electron chi connectivity index (χ3n) is 4.35. The van der Waals surface area contributed by atoms with Crippen molar-refractivity contribution in [3.63, 3.8) is 0 Å². The van der Waals surface area contributed by atoms with Gasteiger partial charge in [-0.15, -0.1) is 0 Å². The highest BCUT2D eigenvalue weighted by atomic mass is 16.6. The first-order valence-corrected chi connectivity index (χ1v) is 9.03. The number of nitrogens with zero attached hydrogens (tertiary/aromatic N) is 3. The Morgan fingerprint density at radius 1 is 1.13 bits per heavy atom. The van der Waals surface area contributed by atoms with Crippen LogP contribution in [-0.4, -0.2) is 29.0 Å². The van der Waals surface area contributed by atoms with Gasteiger partial charge in [-0.1, -0.05) is 12.1 Å². The minimum absolute atomic E-state index is 0.0846. The Morgan fingerprint density at radius 3 is 2.73 bits per heavy atom. The van der Waals surface area contributed by atoms with Crippen molar-refractivity contribution in [1.82, 2.24) is 9.66 Å². The van der Waals surface area contributed by atoms with Crippen LogP contribution in [0.3, 0.4) is 0 Å². The van der Waals surface area contributed by atoms with E-state index in [1.54, 1.807) is 49.4 Å². The fraction of sp³-hybridized carbons (Fsp3) is 0.0909. The Morgan fingerprint density at radius 2 is 1.97 bits per heavy atom. The van der Waals surface area contributed by atoms with Gasteiger partial charge in [-0.25, -0.2) is 9.78 Å². The monoisotopic (exact) mass is 403 g/mol. The molecule has 0 spiro atoms. The van der Waals surface area contributed by atoms with Gasteiger partial charge in [-0.2, -0.15) is 9.78 Å². The lowest BCUT2D eigenvalue weighted by molar-refractivity contribution is 0.0696. The largest absolute Gasteiger partial charge is 0.493 e. The smallest absolute Gasteiger partial charge is 0.379 e. The summed E-state index contributed by atoms with van der Waals surface area (Å²) in [5, 5.41) is 4.75. The Balaban J connectivity index is 1.62. The summed E-state index contributed by atoms with van der Waals surface area (Å²) in [6, 6.07) is 15.1. The van der Waals surface area contributed by atoms with Crippen LogP contribution in [0.5, 0.6) is 11.5 Å². The van der Waals surface area contributed by atoms with E-state index in [4.69, 9.17) is 13.9 Å². The number of methoxy groups -OCH3 is 1. The lowest BCUT2D eigenvalue weighted by Gasteiger charge is -2.09. The molecule has 4 aromatic rings. The van der Waals surface area contributed by atoms with Crippen molar-refractivity contribution in [2.45, 2.75) is 6.92 Å². The van der Waals surface area contributed by atoms with Crippen LogP contribution in [0.15, 0.2) is 75.2 Å². The zero-order valence-corrected chi connectivity index (χ0v) is 16.2. The molecule has 0 saturated heterocycles. The summed E-state index contributed by atoms with van der Waals surface area (Å²) in [5.74, 6) is 0.479. The quantitative estimate of drug-likeness (QED) is 0.288. The number of carbonyl (C=O) groups is 1. The van der Waals surface area contributed by atoms with Crippen molar-refractivity contribution in [1.29, 1.82) is 0 Å². The summed E-state index contributed by atoms with van der Waals surface area (Å²) >= 11 is 0. The van der Waals surface area contributed by atoms with Gasteiger partial charge < -0.3 is 13.9 Å². The maximum atomic E-state index is 12.7. The van der Waals surface area contributed by atoms with Gasteiger partial charge in [0.2, 0.25) is 5.76 Å². The van der Waals surface area contributed by atoms with Gasteiger partial charge in [-0.3, -0.25) is 4.79 Å². The van der Waals surface area contributed by atoms with E-state index in [1.807, 2.05) is 6.07 Å². The molecule has 0 atom stereocenters. The van der Waals surface area contributed by atoms with Crippen molar-refractivity contribution in [3.8, 4) is 11.5 Å². The van der Waals surface area contributed by atoms with Crippen molar-refractivity contribution >= 4 is 23.1 Å². The minimum atomic E-state index is -0.635. The molecule has 4 rings (SSSR count). The molecule has 0 amide bonds. The van der Waals surface area contributed by atoms with Crippen LogP contribution in [0.2, 0.25) is 0 Å². The first kappa shape index (κ1) is 19.1. The molecule has 0 N–H and O–H groups in total. The van der Waals surface area contributed by atoms with E-state index in [1.165, 1.54) is 30.3 Å². The van der Waals surface area contributed by atoms with Crippen LogP contribution in [0.25, 0.3) is 10.9 Å². The predicted octanol–water partition coefficient (Wildman–Crippen LogP) is 3.41. The first-order valence-electron chi connectivity index (χ1n) is 9.03. The molecule has 8 heteroatoms. The fourth-order valence-corrected chi connectivity index (χ4v) is 2.89. The summed E-state index contributed by atoms with van der Waals surface area (Å²) in [4.78, 5) is 29.2. The normalized spacial score (nSPS) is 11.1. The van der Waals surface area contributed by atoms with Gasteiger partial charge in [0.25, 0.3) is 5.56 Å². The van der Waals surface area contributed by atoms with Crippen molar-refractivity contribution < 1.29 is 18.7 Å². The number of para-hydroxylation sites is 1. The number of furan rings is 1. The maximum Gasteiger partial charge on any atom is 0.379 e. The zero-order valence-electron chi connectivity index (χ0n) is 16.2. The van der Waals surface area contributed by atoms with Crippen LogP contribution in [0, 0.1) is 6.92 Å². The van der Waals surface area contributed by atoms with Crippen LogP contribution in [0.1, 0.15) is 21.9 Å². The average Bonchev–Trinajstić information content (AvgIpc) is 3.29. The molecular weight excluding hydrogens is 386 g/mol. The maximum absolute atomic E-state index is 12.7. The number of ether oxygens (including phenoxy) is 2. The van der Waals surface area contributed by atoms with Crippen molar-refractivity contribution in [2.75, 3.05) is 7.11 Å². The number of fused-ring (bicyclic) bond motifs is 1. The molecule has 2 aromatic heterocycles. The average molecular weight is 403 g/mol. The second-order valence-corrected chi connectivity index (χ2v) is 6.31. The molecule has 0 radical (unpaired) electrons. The number of carbonyl (C=O) groups excluding carboxylic acids is 1. The van der Waals surface area contributed by atoms with Crippen LogP contribution in [-0.2, 0) is 0 Å². The highest BCUT2D eigenvalue weighted by Crippen LogP contribution is 2.28. The second kappa shape index (κ2) is 8.04. The third kappa shape index (κ3) is 3.70. The van der Waals surface area contributed by atoms with Gasteiger partial charge in [0.1, 0.15) is 5.82 Å². The van der Waals surface area contributed by atoms with Crippen LogP contribution >= 0.6 is 0 Å². The number of hydrogen-bond donors (Lipinski definition) is 0. The SMILES string of the molecule is COc1cc(C=Nn2c(C)nc3ccccc3c2=O)ccc1OC(=O)c1ccco1.